The minimum absolute atomic E-state index is 0.119. The van der Waals surface area contributed by atoms with Gasteiger partial charge in [0.1, 0.15) is 12.1 Å². The Morgan fingerprint density at radius 1 is 1.18 bits per heavy atom. The van der Waals surface area contributed by atoms with Crippen LogP contribution in [-0.4, -0.2) is 58.0 Å². The number of benzene rings is 1. The summed E-state index contributed by atoms with van der Waals surface area (Å²) in [6.45, 7) is 7.78. The minimum Gasteiger partial charge on any atom is -0.459 e. The number of esters is 1. The van der Waals surface area contributed by atoms with Gasteiger partial charge in [0.25, 0.3) is 0 Å². The summed E-state index contributed by atoms with van der Waals surface area (Å²) >= 11 is 0. The van der Waals surface area contributed by atoms with E-state index in [1.54, 1.807) is 6.20 Å². The first-order valence-corrected chi connectivity index (χ1v) is 11.6. The minimum atomic E-state index is -0.547. The van der Waals surface area contributed by atoms with Crippen LogP contribution in [0.15, 0.2) is 48.8 Å². The molecule has 0 amide bonds. The number of nitrogens with zero attached hydrogens (tertiary/aromatic N) is 5. The Bertz CT molecular complexity index is 1110. The van der Waals surface area contributed by atoms with Gasteiger partial charge in [-0.15, -0.1) is 5.10 Å². The van der Waals surface area contributed by atoms with Crippen LogP contribution >= 0.6 is 0 Å². The van der Waals surface area contributed by atoms with Gasteiger partial charge in [0.2, 0.25) is 0 Å². The molecule has 2 saturated heterocycles. The highest BCUT2D eigenvalue weighted by molar-refractivity contribution is 5.80. The average molecular weight is 450 g/mol. The molecule has 1 aromatic carbocycles. The van der Waals surface area contributed by atoms with Gasteiger partial charge in [0.15, 0.2) is 11.5 Å². The number of rotatable bonds is 6. The van der Waals surface area contributed by atoms with Gasteiger partial charge >= 0.3 is 5.97 Å². The lowest BCUT2D eigenvalue weighted by Gasteiger charge is -2.36. The first kappa shape index (κ1) is 21.7. The maximum atomic E-state index is 12.9. The summed E-state index contributed by atoms with van der Waals surface area (Å²) in [4.78, 5) is 21.9. The Morgan fingerprint density at radius 2 is 1.91 bits per heavy atom. The molecule has 0 saturated carbocycles. The van der Waals surface area contributed by atoms with Crippen molar-refractivity contribution in [2.45, 2.75) is 57.8 Å². The second-order valence-electron chi connectivity index (χ2n) is 9.84. The summed E-state index contributed by atoms with van der Waals surface area (Å²) in [6.07, 6.45) is 5.82. The van der Waals surface area contributed by atoms with E-state index in [1.807, 2.05) is 54.6 Å². The fourth-order valence-corrected chi connectivity index (χ4v) is 4.81. The lowest BCUT2D eigenvalue weighted by Crippen LogP contribution is -2.46. The van der Waals surface area contributed by atoms with Crippen molar-refractivity contribution in [2.75, 3.05) is 29.6 Å². The number of hydrogen-bond acceptors (Lipinski definition) is 7. The molecular weight excluding hydrogens is 418 g/mol. The molecule has 2 bridgehead atoms. The molecule has 4 heterocycles. The third kappa shape index (κ3) is 4.66. The molecular formula is C25H31N5O3. The summed E-state index contributed by atoms with van der Waals surface area (Å²) < 4.78 is 13.2. The molecule has 174 valence electrons. The second kappa shape index (κ2) is 8.67. The number of fused-ring (bicyclic) bond motifs is 3. The zero-order valence-electron chi connectivity index (χ0n) is 19.5. The van der Waals surface area contributed by atoms with Crippen molar-refractivity contribution >= 4 is 23.1 Å². The van der Waals surface area contributed by atoms with E-state index in [1.165, 1.54) is 0 Å². The van der Waals surface area contributed by atoms with Gasteiger partial charge < -0.3 is 19.3 Å². The van der Waals surface area contributed by atoms with Crippen molar-refractivity contribution in [2.24, 2.45) is 0 Å². The Kier molecular flexibility index (Phi) is 5.70. The number of carbonyl (C=O) groups excluding carboxylic acids is 1. The van der Waals surface area contributed by atoms with Crippen molar-refractivity contribution in [3.05, 3.63) is 54.4 Å². The highest BCUT2D eigenvalue weighted by Crippen LogP contribution is 2.35. The molecule has 3 aromatic rings. The third-order valence-electron chi connectivity index (χ3n) is 6.13. The maximum absolute atomic E-state index is 12.9. The van der Waals surface area contributed by atoms with Crippen LogP contribution in [0, 0.1) is 0 Å². The van der Waals surface area contributed by atoms with Gasteiger partial charge in [0, 0.05) is 25.0 Å². The molecule has 0 N–H and O–H groups in total. The lowest BCUT2D eigenvalue weighted by atomic mass is 10.2. The van der Waals surface area contributed by atoms with E-state index in [4.69, 9.17) is 14.6 Å². The predicted octanol–water partition coefficient (Wildman–Crippen LogP) is 3.45. The Labute approximate surface area is 194 Å². The van der Waals surface area contributed by atoms with Crippen molar-refractivity contribution in [3.8, 4) is 0 Å². The highest BCUT2D eigenvalue weighted by Gasteiger charge is 2.39. The van der Waals surface area contributed by atoms with Gasteiger partial charge in [-0.3, -0.25) is 4.79 Å². The van der Waals surface area contributed by atoms with Crippen LogP contribution in [0.2, 0.25) is 0 Å². The van der Waals surface area contributed by atoms with Crippen LogP contribution in [-0.2, 0) is 20.8 Å². The van der Waals surface area contributed by atoms with Gasteiger partial charge in [0.05, 0.1) is 31.0 Å². The van der Waals surface area contributed by atoms with Gasteiger partial charge in [-0.25, -0.2) is 9.50 Å². The fourth-order valence-electron chi connectivity index (χ4n) is 4.81. The molecule has 2 aliphatic rings. The number of aromatic nitrogens is 3. The molecule has 5 rings (SSSR count). The zero-order valence-corrected chi connectivity index (χ0v) is 19.5. The summed E-state index contributed by atoms with van der Waals surface area (Å²) in [5, 5.41) is 4.87. The molecule has 8 nitrogen and oxygen atoms in total. The zero-order chi connectivity index (χ0) is 23.0. The average Bonchev–Trinajstić information content (AvgIpc) is 3.33. The summed E-state index contributed by atoms with van der Waals surface area (Å²) in [6, 6.07) is 12.9. The molecule has 0 aliphatic carbocycles. The number of carbonyl (C=O) groups is 1. The Hall–Kier alpha value is -3.13. The van der Waals surface area contributed by atoms with Crippen LogP contribution in [0.4, 0.5) is 11.5 Å². The van der Waals surface area contributed by atoms with Crippen LogP contribution in [0.1, 0.15) is 39.2 Å². The molecule has 0 spiro atoms. The predicted molar refractivity (Wildman–Crippen MR) is 126 cm³/mol. The molecule has 0 radical (unpaired) electrons. The molecule has 2 fully saturated rings. The number of imidazole rings is 1. The van der Waals surface area contributed by atoms with Crippen molar-refractivity contribution < 1.29 is 14.3 Å². The van der Waals surface area contributed by atoms with Crippen LogP contribution < -0.4 is 9.80 Å². The van der Waals surface area contributed by atoms with Crippen molar-refractivity contribution in [1.82, 2.24) is 14.6 Å². The van der Waals surface area contributed by atoms with Crippen LogP contribution in [0.5, 0.6) is 0 Å². The van der Waals surface area contributed by atoms with E-state index in [2.05, 4.69) is 28.1 Å². The summed E-state index contributed by atoms with van der Waals surface area (Å²) in [7, 11) is 0. The molecule has 33 heavy (non-hydrogen) atoms. The Morgan fingerprint density at radius 3 is 2.61 bits per heavy atom. The fraction of sp³-hybridized carbons (Fsp3) is 0.480. The summed E-state index contributed by atoms with van der Waals surface area (Å²) in [5.74, 6) is 0.626. The molecule has 2 atom stereocenters. The largest absolute Gasteiger partial charge is 0.459 e. The lowest BCUT2D eigenvalue weighted by molar-refractivity contribution is -0.153. The monoisotopic (exact) mass is 449 g/mol. The van der Waals surface area contributed by atoms with Gasteiger partial charge in [-0.1, -0.05) is 30.3 Å². The number of hydrogen-bond donors (Lipinski definition) is 0. The standard InChI is InChI=1S/C25H31N5O3/c1-25(2,3)33-23(31)15-28(14-18-7-5-4-6-8-18)21-13-22(27-29-12-11-26-24(21)29)30-19-9-10-20(30)17-32-16-19/h4-8,11-13,19-20H,9-10,14-17H2,1-3H3. The van der Waals surface area contributed by atoms with E-state index in [0.717, 1.165) is 48.8 Å². The number of ether oxygens (including phenoxy) is 2. The van der Waals surface area contributed by atoms with Gasteiger partial charge in [-0.2, -0.15) is 0 Å². The SMILES string of the molecule is CC(C)(C)OC(=O)CN(Cc1ccccc1)c1cc(N2C3CCC2COC3)nn2ccnc12. The topological polar surface area (TPSA) is 72.2 Å². The second-order valence-corrected chi connectivity index (χ2v) is 9.84. The number of anilines is 2. The van der Waals surface area contributed by atoms with E-state index in [-0.39, 0.29) is 12.5 Å². The molecule has 8 heteroatoms. The molecule has 2 unspecified atom stereocenters. The van der Waals surface area contributed by atoms with Crippen LogP contribution in [0.3, 0.4) is 0 Å². The van der Waals surface area contributed by atoms with E-state index in [9.17, 15) is 4.79 Å². The molecule has 2 aromatic heterocycles. The van der Waals surface area contributed by atoms with E-state index in [0.29, 0.717) is 18.6 Å². The van der Waals surface area contributed by atoms with E-state index >= 15 is 0 Å². The van der Waals surface area contributed by atoms with Gasteiger partial charge in [-0.05, 0) is 39.2 Å². The molecule has 2 aliphatic heterocycles. The summed E-state index contributed by atoms with van der Waals surface area (Å²) in [5.41, 5.74) is 2.15. The van der Waals surface area contributed by atoms with Crippen molar-refractivity contribution in [1.29, 1.82) is 0 Å². The third-order valence-corrected chi connectivity index (χ3v) is 6.13. The van der Waals surface area contributed by atoms with E-state index < -0.39 is 5.60 Å². The first-order chi connectivity index (χ1) is 15.9. The Balaban J connectivity index is 1.54. The smallest absolute Gasteiger partial charge is 0.326 e. The highest BCUT2D eigenvalue weighted by atomic mass is 16.6. The number of morpholine rings is 1. The van der Waals surface area contributed by atoms with Crippen LogP contribution in [0.25, 0.3) is 5.65 Å². The maximum Gasteiger partial charge on any atom is 0.326 e. The normalized spacial score (nSPS) is 20.3. The quantitative estimate of drug-likeness (QED) is 0.534. The first-order valence-electron chi connectivity index (χ1n) is 11.6. The van der Waals surface area contributed by atoms with Crippen molar-refractivity contribution in [3.63, 3.8) is 0 Å².